The molecule has 0 spiro atoms. The lowest BCUT2D eigenvalue weighted by atomic mass is 9.87. The largest absolute Gasteiger partial charge is 0.390 e. The summed E-state index contributed by atoms with van der Waals surface area (Å²) in [5.41, 5.74) is -1.03. The van der Waals surface area contributed by atoms with Gasteiger partial charge in [0.2, 0.25) is 0 Å². The summed E-state index contributed by atoms with van der Waals surface area (Å²) in [6.45, 7) is 3.03. The molecule has 0 aliphatic carbocycles. The Balaban J connectivity index is 1.90. The van der Waals surface area contributed by atoms with Crippen LogP contribution in [0.4, 0.5) is 0 Å². The maximum atomic E-state index is 10.1. The SMILES string of the molecule is CC(O)C(O)(CC1CO1)CC1CO1. The quantitative estimate of drug-likeness (QED) is 0.580. The van der Waals surface area contributed by atoms with Crippen LogP contribution in [0.2, 0.25) is 0 Å². The zero-order chi connectivity index (χ0) is 9.47. The zero-order valence-electron chi connectivity index (χ0n) is 7.77. The van der Waals surface area contributed by atoms with Gasteiger partial charge in [-0.15, -0.1) is 0 Å². The van der Waals surface area contributed by atoms with Crippen molar-refractivity contribution in [2.45, 2.75) is 43.7 Å². The third-order valence-electron chi connectivity index (χ3n) is 2.74. The molecular formula is C9H16O4. The number of aliphatic hydroxyl groups excluding tert-OH is 1. The molecule has 13 heavy (non-hydrogen) atoms. The lowest BCUT2D eigenvalue weighted by Gasteiger charge is -2.29. The highest BCUT2D eigenvalue weighted by Gasteiger charge is 2.44. The van der Waals surface area contributed by atoms with E-state index in [1.165, 1.54) is 0 Å². The third-order valence-corrected chi connectivity index (χ3v) is 2.74. The van der Waals surface area contributed by atoms with E-state index in [4.69, 9.17) is 9.47 Å². The van der Waals surface area contributed by atoms with Crippen molar-refractivity contribution in [1.29, 1.82) is 0 Å². The molecule has 0 bridgehead atoms. The molecular weight excluding hydrogens is 172 g/mol. The Hall–Kier alpha value is -0.160. The average molecular weight is 188 g/mol. The van der Waals surface area contributed by atoms with Crippen molar-refractivity contribution < 1.29 is 19.7 Å². The van der Waals surface area contributed by atoms with Gasteiger partial charge in [-0.25, -0.2) is 0 Å². The van der Waals surface area contributed by atoms with Crippen molar-refractivity contribution in [1.82, 2.24) is 0 Å². The maximum absolute atomic E-state index is 10.1. The van der Waals surface area contributed by atoms with Crippen LogP contribution < -0.4 is 0 Å². The second kappa shape index (κ2) is 3.20. The van der Waals surface area contributed by atoms with Gasteiger partial charge >= 0.3 is 0 Å². The molecule has 2 heterocycles. The molecule has 2 fully saturated rings. The molecule has 0 aromatic rings. The van der Waals surface area contributed by atoms with Crippen LogP contribution in [0.3, 0.4) is 0 Å². The number of ether oxygens (including phenoxy) is 2. The monoisotopic (exact) mass is 188 g/mol. The number of hydrogen-bond donors (Lipinski definition) is 2. The van der Waals surface area contributed by atoms with Crippen molar-refractivity contribution in [3.63, 3.8) is 0 Å². The maximum Gasteiger partial charge on any atom is 0.0953 e. The molecule has 3 atom stereocenters. The summed E-state index contributed by atoms with van der Waals surface area (Å²) in [4.78, 5) is 0. The summed E-state index contributed by atoms with van der Waals surface area (Å²) < 4.78 is 10.1. The van der Waals surface area contributed by atoms with E-state index in [1.54, 1.807) is 6.92 Å². The standard InChI is InChI=1S/C9H16O4/c1-6(10)9(11,2-7-4-12-7)3-8-5-13-8/h6-8,10-11H,2-5H2,1H3. The molecule has 76 valence electrons. The van der Waals surface area contributed by atoms with E-state index in [2.05, 4.69) is 0 Å². The smallest absolute Gasteiger partial charge is 0.0953 e. The summed E-state index contributed by atoms with van der Waals surface area (Å²) >= 11 is 0. The van der Waals surface area contributed by atoms with Gasteiger partial charge in [0.1, 0.15) is 0 Å². The highest BCUT2D eigenvalue weighted by atomic mass is 16.6. The number of hydrogen-bond acceptors (Lipinski definition) is 4. The van der Waals surface area contributed by atoms with Crippen LogP contribution in [0.15, 0.2) is 0 Å². The van der Waals surface area contributed by atoms with E-state index in [0.29, 0.717) is 26.1 Å². The van der Waals surface area contributed by atoms with Gasteiger partial charge in [0.25, 0.3) is 0 Å². The lowest BCUT2D eigenvalue weighted by molar-refractivity contribution is -0.0841. The zero-order valence-corrected chi connectivity index (χ0v) is 7.77. The van der Waals surface area contributed by atoms with Gasteiger partial charge in [-0.3, -0.25) is 0 Å². The van der Waals surface area contributed by atoms with Crippen LogP contribution in [-0.2, 0) is 9.47 Å². The van der Waals surface area contributed by atoms with Crippen molar-refractivity contribution in [3.8, 4) is 0 Å². The van der Waals surface area contributed by atoms with Crippen molar-refractivity contribution >= 4 is 0 Å². The molecule has 4 heteroatoms. The first-order valence-electron chi connectivity index (χ1n) is 4.74. The van der Waals surface area contributed by atoms with E-state index >= 15 is 0 Å². The predicted molar refractivity (Wildman–Crippen MR) is 45.3 cm³/mol. The van der Waals surface area contributed by atoms with Crippen molar-refractivity contribution in [2.24, 2.45) is 0 Å². The fourth-order valence-electron chi connectivity index (χ4n) is 1.58. The topological polar surface area (TPSA) is 65.5 Å². The van der Waals surface area contributed by atoms with Crippen LogP contribution in [0.1, 0.15) is 19.8 Å². The van der Waals surface area contributed by atoms with Crippen molar-refractivity contribution in [3.05, 3.63) is 0 Å². The minimum Gasteiger partial charge on any atom is -0.390 e. The van der Waals surface area contributed by atoms with Crippen LogP contribution in [0.5, 0.6) is 0 Å². The summed E-state index contributed by atoms with van der Waals surface area (Å²) in [7, 11) is 0. The Bertz CT molecular complexity index is 170. The highest BCUT2D eigenvalue weighted by molar-refractivity contribution is 4.94. The molecule has 2 aliphatic heterocycles. The Morgan fingerprint density at radius 2 is 1.69 bits per heavy atom. The Kier molecular flexibility index (Phi) is 2.32. The fourth-order valence-corrected chi connectivity index (χ4v) is 1.58. The molecule has 0 aromatic heterocycles. The van der Waals surface area contributed by atoms with Gasteiger partial charge in [0.05, 0.1) is 37.1 Å². The van der Waals surface area contributed by atoms with Crippen LogP contribution in [0.25, 0.3) is 0 Å². The minimum atomic E-state index is -1.03. The van der Waals surface area contributed by atoms with Gasteiger partial charge < -0.3 is 19.7 Å². The van der Waals surface area contributed by atoms with Gasteiger partial charge in [0.15, 0.2) is 0 Å². The molecule has 2 aliphatic rings. The van der Waals surface area contributed by atoms with E-state index < -0.39 is 11.7 Å². The molecule has 0 saturated carbocycles. The molecule has 0 radical (unpaired) electrons. The molecule has 2 saturated heterocycles. The van der Waals surface area contributed by atoms with Crippen LogP contribution in [0, 0.1) is 0 Å². The summed E-state index contributed by atoms with van der Waals surface area (Å²) in [6, 6.07) is 0. The summed E-state index contributed by atoms with van der Waals surface area (Å²) in [6.07, 6.45) is 0.590. The Labute approximate surface area is 77.5 Å². The highest BCUT2D eigenvalue weighted by Crippen LogP contribution is 2.32. The third kappa shape index (κ3) is 2.40. The van der Waals surface area contributed by atoms with E-state index in [1.807, 2.05) is 0 Å². The Morgan fingerprint density at radius 3 is 1.92 bits per heavy atom. The van der Waals surface area contributed by atoms with Gasteiger partial charge in [-0.2, -0.15) is 0 Å². The molecule has 0 amide bonds. The minimum absolute atomic E-state index is 0.137. The summed E-state index contributed by atoms with van der Waals surface area (Å²) in [5.74, 6) is 0. The molecule has 2 rings (SSSR count). The predicted octanol–water partition coefficient (Wildman–Crippen LogP) is -0.324. The second-order valence-corrected chi connectivity index (χ2v) is 4.10. The molecule has 4 nitrogen and oxygen atoms in total. The first kappa shape index (κ1) is 9.40. The van der Waals surface area contributed by atoms with Gasteiger partial charge in [-0.05, 0) is 6.92 Å². The number of aliphatic hydroxyl groups is 2. The molecule has 2 N–H and O–H groups in total. The first-order valence-corrected chi connectivity index (χ1v) is 4.74. The van der Waals surface area contributed by atoms with Gasteiger partial charge in [-0.1, -0.05) is 0 Å². The van der Waals surface area contributed by atoms with Crippen molar-refractivity contribution in [2.75, 3.05) is 13.2 Å². The first-order chi connectivity index (χ1) is 6.10. The number of epoxide rings is 2. The lowest BCUT2D eigenvalue weighted by Crippen LogP contribution is -2.43. The second-order valence-electron chi connectivity index (χ2n) is 4.10. The Morgan fingerprint density at radius 1 is 1.31 bits per heavy atom. The number of rotatable bonds is 5. The fraction of sp³-hybridized carbons (Fsp3) is 1.00. The van der Waals surface area contributed by atoms with Crippen LogP contribution in [-0.4, -0.2) is 47.3 Å². The summed E-state index contributed by atoms with van der Waals surface area (Å²) in [5, 5.41) is 19.6. The van der Waals surface area contributed by atoms with E-state index in [-0.39, 0.29) is 12.2 Å². The molecule has 0 aromatic carbocycles. The van der Waals surface area contributed by atoms with Gasteiger partial charge in [0, 0.05) is 12.8 Å². The van der Waals surface area contributed by atoms with Crippen LogP contribution >= 0.6 is 0 Å². The molecule has 3 unspecified atom stereocenters. The van der Waals surface area contributed by atoms with E-state index in [0.717, 1.165) is 0 Å². The normalized spacial score (nSPS) is 38.1. The van der Waals surface area contributed by atoms with E-state index in [9.17, 15) is 10.2 Å². The average Bonchev–Trinajstić information content (AvgIpc) is 2.83.